The van der Waals surface area contributed by atoms with E-state index in [2.05, 4.69) is 17.1 Å². The lowest BCUT2D eigenvalue weighted by molar-refractivity contribution is 0.0743. The standard InChI is InChI=1S/C29H29N3O3/c1-4-13-32-28(21-11-8-12-22(16-21)35-17-20-9-6-5-7-10-20)25-26(30-31-27(25)29(32)34)23-14-18(2)19(3)15-24(23)33/h5-12,14-16,28,33H,4,13,17H2,1-3H3,(H,30,31)/t28-/m0/s1. The van der Waals surface area contributed by atoms with Gasteiger partial charge in [0.15, 0.2) is 0 Å². The van der Waals surface area contributed by atoms with Crippen molar-refractivity contribution in [3.63, 3.8) is 0 Å². The minimum Gasteiger partial charge on any atom is -0.507 e. The SMILES string of the molecule is CCCN1C(=O)c2[nH]nc(-c3cc(C)c(C)cc3O)c2[C@@H]1c1cccc(OCc2ccccc2)c1. The van der Waals surface area contributed by atoms with E-state index in [0.717, 1.165) is 40.0 Å². The van der Waals surface area contributed by atoms with Crippen LogP contribution in [0.3, 0.4) is 0 Å². The van der Waals surface area contributed by atoms with Crippen LogP contribution in [0.2, 0.25) is 0 Å². The molecule has 6 nitrogen and oxygen atoms in total. The number of ether oxygens (including phenoxy) is 1. The molecule has 4 aromatic rings. The van der Waals surface area contributed by atoms with Crippen molar-refractivity contribution in [2.24, 2.45) is 0 Å². The number of phenols is 1. The van der Waals surface area contributed by atoms with Gasteiger partial charge in [-0.05, 0) is 66.8 Å². The first-order valence-electron chi connectivity index (χ1n) is 11.9. The molecule has 0 fully saturated rings. The number of fused-ring (bicyclic) bond motifs is 1. The second kappa shape index (κ2) is 9.29. The lowest BCUT2D eigenvalue weighted by atomic mass is 9.94. The average molecular weight is 468 g/mol. The van der Waals surface area contributed by atoms with Crippen molar-refractivity contribution in [2.45, 2.75) is 39.8 Å². The highest BCUT2D eigenvalue weighted by Crippen LogP contribution is 2.45. The largest absolute Gasteiger partial charge is 0.507 e. The molecule has 0 bridgehead atoms. The molecule has 1 atom stereocenters. The van der Waals surface area contributed by atoms with Crippen LogP contribution < -0.4 is 4.74 Å². The van der Waals surface area contributed by atoms with Crippen LogP contribution in [0.4, 0.5) is 0 Å². The third kappa shape index (κ3) is 4.16. The number of aryl methyl sites for hydroxylation is 2. The summed E-state index contributed by atoms with van der Waals surface area (Å²) in [7, 11) is 0. The molecule has 1 amide bonds. The number of benzene rings is 3. The highest BCUT2D eigenvalue weighted by atomic mass is 16.5. The Bertz CT molecular complexity index is 1380. The minimum absolute atomic E-state index is 0.0791. The normalized spacial score (nSPS) is 14.9. The molecular weight excluding hydrogens is 438 g/mol. The number of nitrogens with one attached hydrogen (secondary N) is 1. The Morgan fingerprint density at radius 1 is 1.03 bits per heavy atom. The molecular formula is C29H29N3O3. The van der Waals surface area contributed by atoms with Gasteiger partial charge in [0, 0.05) is 17.7 Å². The van der Waals surface area contributed by atoms with E-state index in [4.69, 9.17) is 4.74 Å². The number of carbonyl (C=O) groups is 1. The summed E-state index contributed by atoms with van der Waals surface area (Å²) < 4.78 is 6.08. The van der Waals surface area contributed by atoms with Crippen LogP contribution in [-0.4, -0.2) is 32.7 Å². The molecule has 1 aliphatic heterocycles. The van der Waals surface area contributed by atoms with Crippen LogP contribution in [0.5, 0.6) is 11.5 Å². The molecule has 0 spiro atoms. The minimum atomic E-state index is -0.326. The predicted octanol–water partition coefficient (Wildman–Crippen LogP) is 5.93. The van der Waals surface area contributed by atoms with Gasteiger partial charge in [0.2, 0.25) is 0 Å². The third-order valence-electron chi connectivity index (χ3n) is 6.62. The van der Waals surface area contributed by atoms with E-state index >= 15 is 0 Å². The fourth-order valence-electron chi connectivity index (χ4n) is 4.73. The van der Waals surface area contributed by atoms with Crippen LogP contribution in [0.1, 0.15) is 57.7 Å². The maximum atomic E-state index is 13.4. The quantitative estimate of drug-likeness (QED) is 0.353. The first-order chi connectivity index (χ1) is 17.0. The summed E-state index contributed by atoms with van der Waals surface area (Å²) in [4.78, 5) is 15.3. The highest BCUT2D eigenvalue weighted by molar-refractivity contribution is 6.00. The smallest absolute Gasteiger partial charge is 0.273 e. The number of aromatic nitrogens is 2. The fourth-order valence-corrected chi connectivity index (χ4v) is 4.73. The van der Waals surface area contributed by atoms with Crippen molar-refractivity contribution >= 4 is 5.91 Å². The Labute approximate surface area is 205 Å². The Morgan fingerprint density at radius 3 is 2.57 bits per heavy atom. The van der Waals surface area contributed by atoms with Gasteiger partial charge >= 0.3 is 0 Å². The van der Waals surface area contributed by atoms with Gasteiger partial charge in [-0.1, -0.05) is 49.4 Å². The molecule has 1 aliphatic rings. The second-order valence-corrected chi connectivity index (χ2v) is 9.06. The van der Waals surface area contributed by atoms with Gasteiger partial charge in [-0.3, -0.25) is 9.89 Å². The number of H-pyrrole nitrogens is 1. The molecule has 0 saturated heterocycles. The Hall–Kier alpha value is -4.06. The van der Waals surface area contributed by atoms with Gasteiger partial charge in [0.25, 0.3) is 5.91 Å². The number of phenolic OH excluding ortho intramolecular Hbond substituents is 1. The summed E-state index contributed by atoms with van der Waals surface area (Å²) in [5, 5.41) is 18.2. The summed E-state index contributed by atoms with van der Waals surface area (Å²) in [5.74, 6) is 0.815. The van der Waals surface area contributed by atoms with E-state index in [-0.39, 0.29) is 17.7 Å². The lowest BCUT2D eigenvalue weighted by Crippen LogP contribution is -2.30. The van der Waals surface area contributed by atoms with E-state index in [1.165, 1.54) is 0 Å². The molecule has 0 saturated carbocycles. The number of aromatic hydroxyl groups is 1. The topological polar surface area (TPSA) is 78.5 Å². The van der Waals surface area contributed by atoms with Crippen LogP contribution >= 0.6 is 0 Å². The summed E-state index contributed by atoms with van der Waals surface area (Å²) in [6.45, 7) is 7.10. The fraction of sp³-hybridized carbons (Fsp3) is 0.241. The Kier molecular flexibility index (Phi) is 6.03. The zero-order valence-corrected chi connectivity index (χ0v) is 20.2. The van der Waals surface area contributed by atoms with Crippen LogP contribution in [0, 0.1) is 13.8 Å². The van der Waals surface area contributed by atoms with Gasteiger partial charge in [-0.15, -0.1) is 0 Å². The van der Waals surface area contributed by atoms with Crippen LogP contribution in [0.25, 0.3) is 11.3 Å². The van der Waals surface area contributed by atoms with Crippen LogP contribution in [-0.2, 0) is 6.61 Å². The van der Waals surface area contributed by atoms with E-state index in [1.54, 1.807) is 6.07 Å². The summed E-state index contributed by atoms with van der Waals surface area (Å²) >= 11 is 0. The number of amides is 1. The van der Waals surface area contributed by atoms with Gasteiger partial charge in [-0.2, -0.15) is 5.10 Å². The molecule has 178 valence electrons. The molecule has 6 heteroatoms. The number of aromatic amines is 1. The molecule has 35 heavy (non-hydrogen) atoms. The van der Waals surface area contributed by atoms with Crippen molar-refractivity contribution in [1.82, 2.24) is 15.1 Å². The number of hydrogen-bond donors (Lipinski definition) is 2. The molecule has 1 aromatic heterocycles. The Balaban J connectivity index is 1.56. The van der Waals surface area contributed by atoms with Gasteiger partial charge in [0.05, 0.1) is 6.04 Å². The van der Waals surface area contributed by atoms with Crippen molar-refractivity contribution in [3.05, 3.63) is 100 Å². The van der Waals surface area contributed by atoms with Crippen molar-refractivity contribution in [1.29, 1.82) is 0 Å². The highest BCUT2D eigenvalue weighted by Gasteiger charge is 2.42. The zero-order chi connectivity index (χ0) is 24.5. The van der Waals surface area contributed by atoms with Crippen LogP contribution in [0.15, 0.2) is 66.7 Å². The van der Waals surface area contributed by atoms with Gasteiger partial charge < -0.3 is 14.7 Å². The third-order valence-corrected chi connectivity index (χ3v) is 6.62. The molecule has 3 aromatic carbocycles. The van der Waals surface area contributed by atoms with Gasteiger partial charge in [-0.25, -0.2) is 0 Å². The number of carbonyl (C=O) groups excluding carboxylic acids is 1. The summed E-state index contributed by atoms with van der Waals surface area (Å²) in [6, 6.07) is 21.3. The number of nitrogens with zero attached hydrogens (tertiary/aromatic N) is 2. The molecule has 0 aliphatic carbocycles. The van der Waals surface area contributed by atoms with Gasteiger partial charge in [0.1, 0.15) is 29.5 Å². The summed E-state index contributed by atoms with van der Waals surface area (Å²) in [5.41, 5.74) is 6.59. The molecule has 2 heterocycles. The monoisotopic (exact) mass is 467 g/mol. The molecule has 0 radical (unpaired) electrons. The van der Waals surface area contributed by atoms with E-state index in [0.29, 0.717) is 30.1 Å². The van der Waals surface area contributed by atoms with Crippen molar-refractivity contribution in [2.75, 3.05) is 6.54 Å². The summed E-state index contributed by atoms with van der Waals surface area (Å²) in [6.07, 6.45) is 0.828. The van der Waals surface area contributed by atoms with E-state index in [1.807, 2.05) is 79.4 Å². The molecule has 5 rings (SSSR count). The first-order valence-corrected chi connectivity index (χ1v) is 11.9. The second-order valence-electron chi connectivity index (χ2n) is 9.06. The predicted molar refractivity (Wildman–Crippen MR) is 136 cm³/mol. The number of rotatable bonds is 7. The molecule has 2 N–H and O–H groups in total. The maximum Gasteiger partial charge on any atom is 0.273 e. The lowest BCUT2D eigenvalue weighted by Gasteiger charge is -2.26. The van der Waals surface area contributed by atoms with Crippen molar-refractivity contribution < 1.29 is 14.6 Å². The van der Waals surface area contributed by atoms with Crippen molar-refractivity contribution in [3.8, 4) is 22.8 Å². The number of hydrogen-bond acceptors (Lipinski definition) is 4. The first kappa shape index (κ1) is 22.7. The van der Waals surface area contributed by atoms with E-state index < -0.39 is 0 Å². The average Bonchev–Trinajstić information content (AvgIpc) is 3.40. The van der Waals surface area contributed by atoms with E-state index in [9.17, 15) is 9.90 Å². The molecule has 0 unspecified atom stereocenters. The zero-order valence-electron chi connectivity index (χ0n) is 20.2. The Morgan fingerprint density at radius 2 is 1.80 bits per heavy atom. The maximum absolute atomic E-state index is 13.4.